The Kier molecular flexibility index (Phi) is 4.82. The van der Waals surface area contributed by atoms with Crippen LogP contribution in [0.15, 0.2) is 60.9 Å². The van der Waals surface area contributed by atoms with Crippen LogP contribution >= 0.6 is 0 Å². The van der Waals surface area contributed by atoms with Gasteiger partial charge in [0, 0.05) is 25.4 Å². The Hall–Kier alpha value is -4.24. The summed E-state index contributed by atoms with van der Waals surface area (Å²) in [6, 6.07) is 13.2. The van der Waals surface area contributed by atoms with Crippen LogP contribution in [0.5, 0.6) is 11.5 Å². The number of nitrogens with one attached hydrogen (secondary N) is 3. The molecule has 1 atom stereocenters. The van der Waals surface area contributed by atoms with Crippen molar-refractivity contribution in [2.75, 3.05) is 30.8 Å². The molecule has 0 saturated carbocycles. The number of H-pyrrole nitrogens is 1. The van der Waals surface area contributed by atoms with Crippen LogP contribution in [0.1, 0.15) is 22.3 Å². The van der Waals surface area contributed by atoms with Crippen molar-refractivity contribution in [2.24, 2.45) is 0 Å². The summed E-state index contributed by atoms with van der Waals surface area (Å²) < 4.78 is 20.7. The second-order valence-electron chi connectivity index (χ2n) is 9.01. The number of rotatable bonds is 4. The first-order chi connectivity index (χ1) is 16.9. The fraction of sp³-hybridized carbons (Fsp3) is 0.192. The number of likely N-dealkylation sites (N-methyl/N-ethyl adjacent to an activating group) is 1. The number of pyridine rings is 1. The van der Waals surface area contributed by atoms with Crippen molar-refractivity contribution < 1.29 is 18.7 Å². The van der Waals surface area contributed by atoms with E-state index in [0.717, 1.165) is 6.54 Å². The van der Waals surface area contributed by atoms with Gasteiger partial charge in [-0.2, -0.15) is 0 Å². The Labute approximate surface area is 200 Å². The lowest BCUT2D eigenvalue weighted by Crippen LogP contribution is -2.54. The highest BCUT2D eigenvalue weighted by Gasteiger charge is 2.47. The van der Waals surface area contributed by atoms with E-state index in [1.807, 2.05) is 25.2 Å². The van der Waals surface area contributed by atoms with Crippen LogP contribution in [-0.4, -0.2) is 52.2 Å². The van der Waals surface area contributed by atoms with E-state index < -0.39 is 17.1 Å². The lowest BCUT2D eigenvalue weighted by Gasteiger charge is -2.35. The van der Waals surface area contributed by atoms with Crippen LogP contribution in [0.3, 0.4) is 0 Å². The number of amides is 1. The first-order valence-corrected chi connectivity index (χ1v) is 11.3. The van der Waals surface area contributed by atoms with Gasteiger partial charge in [0.25, 0.3) is 5.91 Å². The molecule has 0 aliphatic carbocycles. The maximum absolute atomic E-state index is 15.1. The minimum Gasteiger partial charge on any atom is -0.457 e. The van der Waals surface area contributed by atoms with Gasteiger partial charge in [-0.05, 0) is 37.7 Å². The lowest BCUT2D eigenvalue weighted by atomic mass is 9.92. The summed E-state index contributed by atoms with van der Waals surface area (Å²) in [5.74, 6) is -0.448. The smallest absolute Gasteiger partial charge is 0.251 e. The number of benzene rings is 2. The van der Waals surface area contributed by atoms with Gasteiger partial charge in [-0.1, -0.05) is 18.2 Å². The number of nitrogens with zero attached hydrogens (tertiary/aromatic N) is 2. The minimum atomic E-state index is -0.796. The number of carbonyl (C=O) groups excluding carboxylic acids is 2. The zero-order chi connectivity index (χ0) is 24.2. The van der Waals surface area contributed by atoms with E-state index in [0.29, 0.717) is 46.9 Å². The number of aromatic amines is 1. The van der Waals surface area contributed by atoms with E-state index in [9.17, 15) is 9.59 Å². The first kappa shape index (κ1) is 21.3. The molecule has 1 saturated heterocycles. The Morgan fingerprint density at radius 2 is 1.97 bits per heavy atom. The molecule has 3 N–H and O–H groups in total. The molecule has 0 radical (unpaired) electrons. The number of fused-ring (bicyclic) bond motifs is 3. The predicted octanol–water partition coefficient (Wildman–Crippen LogP) is 4.16. The third kappa shape index (κ3) is 3.52. The van der Waals surface area contributed by atoms with E-state index in [-0.39, 0.29) is 17.0 Å². The molecule has 0 bridgehead atoms. The van der Waals surface area contributed by atoms with Gasteiger partial charge in [-0.25, -0.2) is 9.37 Å². The number of ketones is 1. The summed E-state index contributed by atoms with van der Waals surface area (Å²) >= 11 is 0. The average molecular weight is 471 g/mol. The van der Waals surface area contributed by atoms with Crippen LogP contribution < -0.4 is 15.4 Å². The first-order valence-electron chi connectivity index (χ1n) is 11.3. The van der Waals surface area contributed by atoms with Gasteiger partial charge in [0.1, 0.15) is 28.5 Å². The maximum atomic E-state index is 15.1. The molecule has 35 heavy (non-hydrogen) atoms. The fourth-order valence-corrected chi connectivity index (χ4v) is 4.84. The third-order valence-corrected chi connectivity index (χ3v) is 6.62. The molecule has 2 aromatic carbocycles. The topological polar surface area (TPSA) is 99.3 Å². The maximum Gasteiger partial charge on any atom is 0.251 e. The Balaban J connectivity index is 1.37. The Morgan fingerprint density at radius 3 is 2.71 bits per heavy atom. The van der Waals surface area contributed by atoms with Gasteiger partial charge in [0.05, 0.1) is 34.1 Å². The van der Waals surface area contributed by atoms with E-state index in [2.05, 4.69) is 25.5 Å². The summed E-state index contributed by atoms with van der Waals surface area (Å²) in [5.41, 5.74) is 0.961. The Bertz CT molecular complexity index is 1490. The molecule has 9 heteroatoms. The molecule has 1 unspecified atom stereocenters. The van der Waals surface area contributed by atoms with Gasteiger partial charge in [0.2, 0.25) is 0 Å². The number of carbonyl (C=O) groups is 2. The molecule has 1 fully saturated rings. The van der Waals surface area contributed by atoms with Crippen molar-refractivity contribution in [1.82, 2.24) is 14.9 Å². The summed E-state index contributed by atoms with van der Waals surface area (Å²) in [6.07, 6.45) is 3.71. The van der Waals surface area contributed by atoms with E-state index in [1.165, 1.54) is 18.3 Å². The van der Waals surface area contributed by atoms with Crippen molar-refractivity contribution in [1.29, 1.82) is 0 Å². The number of halogens is 1. The van der Waals surface area contributed by atoms with Gasteiger partial charge >= 0.3 is 0 Å². The molecule has 4 aromatic rings. The van der Waals surface area contributed by atoms with Crippen LogP contribution in [0.2, 0.25) is 0 Å². The predicted molar refractivity (Wildman–Crippen MR) is 130 cm³/mol. The van der Waals surface area contributed by atoms with Gasteiger partial charge in [-0.3, -0.25) is 9.59 Å². The summed E-state index contributed by atoms with van der Waals surface area (Å²) in [4.78, 5) is 35.8. The summed E-state index contributed by atoms with van der Waals surface area (Å²) in [5, 5.41) is 6.86. The lowest BCUT2D eigenvalue weighted by molar-refractivity contribution is -0.120. The Morgan fingerprint density at radius 1 is 1.14 bits per heavy atom. The number of aromatic nitrogens is 2. The minimum absolute atomic E-state index is 0.0842. The second-order valence-corrected chi connectivity index (χ2v) is 9.01. The second kappa shape index (κ2) is 7.92. The van der Waals surface area contributed by atoms with E-state index in [4.69, 9.17) is 4.74 Å². The van der Waals surface area contributed by atoms with Gasteiger partial charge in [-0.15, -0.1) is 0 Å². The number of anilines is 2. The molecular weight excluding hydrogens is 449 g/mol. The summed E-state index contributed by atoms with van der Waals surface area (Å²) in [6.45, 7) is 1.30. The number of hydrogen-bond donors (Lipinski definition) is 3. The highest BCUT2D eigenvalue weighted by Crippen LogP contribution is 2.41. The molecule has 4 heterocycles. The summed E-state index contributed by atoms with van der Waals surface area (Å²) in [7, 11) is 1.96. The number of para-hydroxylation sites is 1. The van der Waals surface area contributed by atoms with E-state index in [1.54, 1.807) is 24.4 Å². The largest absolute Gasteiger partial charge is 0.457 e. The molecule has 2 aliphatic heterocycles. The molecule has 176 valence electrons. The quantitative estimate of drug-likeness (QED) is 0.387. The van der Waals surface area contributed by atoms with Gasteiger partial charge < -0.3 is 25.3 Å². The zero-order valence-electron chi connectivity index (χ0n) is 18.9. The molecule has 6 rings (SSSR count). The van der Waals surface area contributed by atoms with Crippen molar-refractivity contribution >= 4 is 34.1 Å². The molecule has 2 aliphatic rings. The van der Waals surface area contributed by atoms with Crippen LogP contribution in [0.4, 0.5) is 15.8 Å². The number of hydrogen-bond acceptors (Lipinski definition) is 6. The monoisotopic (exact) mass is 471 g/mol. The average Bonchev–Trinajstić information content (AvgIpc) is 3.45. The molecule has 1 spiro atoms. The molecule has 1 amide bonds. The van der Waals surface area contributed by atoms with Crippen LogP contribution in [-0.2, 0) is 4.79 Å². The van der Waals surface area contributed by atoms with Crippen molar-refractivity contribution in [2.45, 2.75) is 12.0 Å². The van der Waals surface area contributed by atoms with Crippen molar-refractivity contribution in [3.8, 4) is 11.5 Å². The zero-order valence-corrected chi connectivity index (χ0v) is 18.9. The molecule has 8 nitrogen and oxygen atoms in total. The highest BCUT2D eigenvalue weighted by molar-refractivity contribution is 6.21. The van der Waals surface area contributed by atoms with Crippen molar-refractivity contribution in [3.63, 3.8) is 0 Å². The van der Waals surface area contributed by atoms with Crippen LogP contribution in [0, 0.1) is 5.82 Å². The number of likely N-dealkylation sites (tertiary alicyclic amines) is 1. The number of ether oxygens (including phenoxy) is 1. The SMILES string of the molecule is CN1CCC2(C1)Nc1c(cnc3[nH]cc(C(=O)c4ccc(Oc5ccccc5)cc4F)c13)NC2=O. The highest BCUT2D eigenvalue weighted by atomic mass is 19.1. The van der Waals surface area contributed by atoms with E-state index >= 15 is 4.39 Å². The molecular formula is C26H22FN5O3. The third-order valence-electron chi connectivity index (χ3n) is 6.62. The van der Waals surface area contributed by atoms with Crippen molar-refractivity contribution in [3.05, 3.63) is 77.9 Å². The normalized spacial score (nSPS) is 19.4. The van der Waals surface area contributed by atoms with Crippen LogP contribution in [0.25, 0.3) is 11.0 Å². The molecule has 2 aromatic heterocycles. The fourth-order valence-electron chi connectivity index (χ4n) is 4.84. The van der Waals surface area contributed by atoms with Gasteiger partial charge in [0.15, 0.2) is 5.78 Å². The standard InChI is InChI=1S/C26H22FN5O3/c1-32-10-9-26(14-32)25(34)30-20-13-29-24-21(22(20)31-26)18(12-28-24)23(33)17-8-7-16(11-19(17)27)35-15-5-3-2-4-6-15/h2-8,11-13,31H,9-10,14H2,1H3,(H,28,29)(H,30,34).